The molecule has 3 aromatic rings. The van der Waals surface area contributed by atoms with Crippen molar-refractivity contribution in [1.29, 1.82) is 0 Å². The van der Waals surface area contributed by atoms with Crippen molar-refractivity contribution >= 4 is 11.3 Å². The molecule has 1 atom stereocenters. The summed E-state index contributed by atoms with van der Waals surface area (Å²) in [5.41, 5.74) is 3.48. The smallest absolute Gasteiger partial charge is 0.121 e. The van der Waals surface area contributed by atoms with Gasteiger partial charge in [0.15, 0.2) is 0 Å². The molecule has 1 nitrogen and oxygen atoms in total. The lowest BCUT2D eigenvalue weighted by Crippen LogP contribution is -2.22. The first kappa shape index (κ1) is 14.1. The fourth-order valence-corrected chi connectivity index (χ4v) is 3.63. The first-order valence-electron chi connectivity index (χ1n) is 7.02. The molecule has 0 fully saturated rings. The van der Waals surface area contributed by atoms with E-state index in [1.807, 2.05) is 55.6 Å². The van der Waals surface area contributed by atoms with E-state index >= 15 is 0 Å². The van der Waals surface area contributed by atoms with Crippen molar-refractivity contribution in [2.24, 2.45) is 0 Å². The van der Waals surface area contributed by atoms with Crippen molar-refractivity contribution in [3.8, 4) is 11.1 Å². The predicted molar refractivity (Wildman–Crippen MR) is 89.6 cm³/mol. The molecule has 0 amide bonds. The molecule has 21 heavy (non-hydrogen) atoms. The van der Waals surface area contributed by atoms with E-state index in [9.17, 15) is 5.11 Å². The lowest BCUT2D eigenvalue weighted by Gasteiger charge is -2.24. The molecule has 1 aromatic heterocycles. The number of benzene rings is 2. The minimum Gasteiger partial charge on any atom is -0.380 e. The zero-order chi connectivity index (χ0) is 14.9. The highest BCUT2D eigenvalue weighted by atomic mass is 32.1. The second-order valence-corrected chi connectivity index (χ2v) is 6.36. The Bertz CT molecular complexity index is 724. The summed E-state index contributed by atoms with van der Waals surface area (Å²) >= 11 is 1.60. The Morgan fingerprint density at radius 2 is 1.48 bits per heavy atom. The van der Waals surface area contributed by atoms with Gasteiger partial charge in [0.1, 0.15) is 5.60 Å². The minimum absolute atomic E-state index is 0.924. The van der Waals surface area contributed by atoms with E-state index in [2.05, 4.69) is 24.3 Å². The maximum atomic E-state index is 10.9. The van der Waals surface area contributed by atoms with Crippen molar-refractivity contribution in [1.82, 2.24) is 0 Å². The highest BCUT2D eigenvalue weighted by Crippen LogP contribution is 2.35. The largest absolute Gasteiger partial charge is 0.380 e. The van der Waals surface area contributed by atoms with Gasteiger partial charge in [-0.25, -0.2) is 0 Å². The molecule has 0 spiro atoms. The summed E-state index contributed by atoms with van der Waals surface area (Å²) < 4.78 is 0. The molecule has 0 saturated carbocycles. The monoisotopic (exact) mass is 294 g/mol. The summed E-state index contributed by atoms with van der Waals surface area (Å²) in [6.45, 7) is 3.90. The third kappa shape index (κ3) is 2.65. The molecule has 0 radical (unpaired) electrons. The normalized spacial score (nSPS) is 13.9. The van der Waals surface area contributed by atoms with Crippen LogP contribution >= 0.6 is 11.3 Å². The number of aliphatic hydroxyl groups is 1. The van der Waals surface area contributed by atoms with E-state index in [-0.39, 0.29) is 0 Å². The van der Waals surface area contributed by atoms with Crippen LogP contribution in [0.25, 0.3) is 11.1 Å². The van der Waals surface area contributed by atoms with Crippen LogP contribution in [0.4, 0.5) is 0 Å². The first-order chi connectivity index (χ1) is 10.1. The van der Waals surface area contributed by atoms with Crippen molar-refractivity contribution in [2.75, 3.05) is 0 Å². The number of hydrogen-bond donors (Lipinski definition) is 1. The molecule has 0 aliphatic carbocycles. The van der Waals surface area contributed by atoms with E-state index in [4.69, 9.17) is 0 Å². The number of rotatable bonds is 3. The van der Waals surface area contributed by atoms with Gasteiger partial charge in [0.25, 0.3) is 0 Å². The standard InChI is InChI=1S/C19H18OS/c1-14-12-13-21-18(14)19(2,20)17-10-8-16(9-11-17)15-6-4-3-5-7-15/h3-13,20H,1-2H3. The zero-order valence-corrected chi connectivity index (χ0v) is 13.0. The van der Waals surface area contributed by atoms with Crippen LogP contribution in [0.15, 0.2) is 66.0 Å². The third-order valence-corrected chi connectivity index (χ3v) is 5.09. The molecule has 1 N–H and O–H groups in total. The van der Waals surface area contributed by atoms with Gasteiger partial charge in [-0.1, -0.05) is 54.6 Å². The van der Waals surface area contributed by atoms with Crippen LogP contribution in [0.5, 0.6) is 0 Å². The molecule has 0 bridgehead atoms. The third-order valence-electron chi connectivity index (χ3n) is 3.86. The van der Waals surface area contributed by atoms with Crippen LogP contribution in [0, 0.1) is 6.92 Å². The molecule has 0 aliphatic heterocycles. The predicted octanol–water partition coefficient (Wildman–Crippen LogP) is 4.98. The summed E-state index contributed by atoms with van der Waals surface area (Å²) in [6.07, 6.45) is 0. The Morgan fingerprint density at radius 1 is 0.857 bits per heavy atom. The molecule has 106 valence electrons. The fourth-order valence-electron chi connectivity index (χ4n) is 2.62. The Labute approximate surface area is 129 Å². The van der Waals surface area contributed by atoms with Crippen LogP contribution in [0.1, 0.15) is 22.9 Å². The minimum atomic E-state index is -0.937. The summed E-state index contributed by atoms with van der Waals surface area (Å²) in [4.78, 5) is 1.01. The molecule has 2 aromatic carbocycles. The van der Waals surface area contributed by atoms with Crippen molar-refractivity contribution < 1.29 is 5.11 Å². The van der Waals surface area contributed by atoms with Crippen molar-refractivity contribution in [2.45, 2.75) is 19.4 Å². The second-order valence-electron chi connectivity index (χ2n) is 5.45. The Morgan fingerprint density at radius 3 is 2.05 bits per heavy atom. The van der Waals surface area contributed by atoms with Crippen LogP contribution in [0.2, 0.25) is 0 Å². The molecular weight excluding hydrogens is 276 g/mol. The Kier molecular flexibility index (Phi) is 3.66. The molecule has 0 saturated heterocycles. The van der Waals surface area contributed by atoms with E-state index in [0.29, 0.717) is 0 Å². The van der Waals surface area contributed by atoms with Gasteiger partial charge in [0, 0.05) is 4.88 Å². The second kappa shape index (κ2) is 5.47. The molecule has 2 heteroatoms. The van der Waals surface area contributed by atoms with Gasteiger partial charge >= 0.3 is 0 Å². The lowest BCUT2D eigenvalue weighted by molar-refractivity contribution is 0.106. The molecule has 3 rings (SSSR count). The van der Waals surface area contributed by atoms with Crippen molar-refractivity contribution in [3.05, 3.63) is 82.0 Å². The fraction of sp³-hybridized carbons (Fsp3) is 0.158. The lowest BCUT2D eigenvalue weighted by atomic mass is 9.91. The topological polar surface area (TPSA) is 20.2 Å². The van der Waals surface area contributed by atoms with Gasteiger partial charge in [0.2, 0.25) is 0 Å². The van der Waals surface area contributed by atoms with E-state index in [1.165, 1.54) is 5.56 Å². The van der Waals surface area contributed by atoms with Gasteiger partial charge in [-0.2, -0.15) is 0 Å². The highest BCUT2D eigenvalue weighted by Gasteiger charge is 2.28. The average molecular weight is 294 g/mol. The van der Waals surface area contributed by atoms with Crippen LogP contribution < -0.4 is 0 Å². The van der Waals surface area contributed by atoms with Crippen molar-refractivity contribution in [3.63, 3.8) is 0 Å². The molecule has 0 aliphatic rings. The number of thiophene rings is 1. The number of hydrogen-bond acceptors (Lipinski definition) is 2. The van der Waals surface area contributed by atoms with Crippen LogP contribution in [0.3, 0.4) is 0 Å². The average Bonchev–Trinajstić information content (AvgIpc) is 2.95. The first-order valence-corrected chi connectivity index (χ1v) is 7.90. The Balaban J connectivity index is 1.96. The van der Waals surface area contributed by atoms with Gasteiger partial charge in [0.05, 0.1) is 0 Å². The highest BCUT2D eigenvalue weighted by molar-refractivity contribution is 7.10. The summed E-state index contributed by atoms with van der Waals surface area (Å²) in [7, 11) is 0. The summed E-state index contributed by atoms with van der Waals surface area (Å²) in [5, 5.41) is 12.9. The molecule has 1 heterocycles. The SMILES string of the molecule is Cc1ccsc1C(C)(O)c1ccc(-c2ccccc2)cc1. The van der Waals surface area contributed by atoms with E-state index < -0.39 is 5.60 Å². The van der Waals surface area contributed by atoms with Gasteiger partial charge in [-0.3, -0.25) is 0 Å². The molecular formula is C19H18OS. The van der Waals surface area contributed by atoms with Gasteiger partial charge < -0.3 is 5.11 Å². The Hall–Kier alpha value is -1.90. The van der Waals surface area contributed by atoms with Crippen LogP contribution in [-0.4, -0.2) is 5.11 Å². The maximum Gasteiger partial charge on any atom is 0.121 e. The maximum absolute atomic E-state index is 10.9. The van der Waals surface area contributed by atoms with E-state index in [0.717, 1.165) is 21.6 Å². The zero-order valence-electron chi connectivity index (χ0n) is 12.2. The van der Waals surface area contributed by atoms with Gasteiger partial charge in [-0.15, -0.1) is 11.3 Å². The quantitative estimate of drug-likeness (QED) is 0.722. The van der Waals surface area contributed by atoms with Gasteiger partial charge in [-0.05, 0) is 47.5 Å². The van der Waals surface area contributed by atoms with E-state index in [1.54, 1.807) is 11.3 Å². The number of aryl methyl sites for hydroxylation is 1. The van der Waals surface area contributed by atoms with Crippen LogP contribution in [-0.2, 0) is 5.60 Å². The molecule has 1 unspecified atom stereocenters. The summed E-state index contributed by atoms with van der Waals surface area (Å²) in [5.74, 6) is 0. The summed E-state index contributed by atoms with van der Waals surface area (Å²) in [6, 6.07) is 20.5.